The number of fused-ring (bicyclic) bond motifs is 5. The molecule has 9 atom stereocenters. The summed E-state index contributed by atoms with van der Waals surface area (Å²) in [7, 11) is 0. The summed E-state index contributed by atoms with van der Waals surface area (Å²) in [5.74, 6) is -2.83. The Morgan fingerprint density at radius 3 is 2.22 bits per heavy atom. The molecular weight excluding hydrogens is 454 g/mol. The third kappa shape index (κ3) is 3.61. The van der Waals surface area contributed by atoms with Gasteiger partial charge in [0.25, 0.3) is 0 Å². The van der Waals surface area contributed by atoms with Crippen molar-refractivity contribution in [2.75, 3.05) is 0 Å². The number of nitrogens with one attached hydrogen (secondary N) is 1. The van der Waals surface area contributed by atoms with Crippen molar-refractivity contribution in [3.8, 4) is 0 Å². The van der Waals surface area contributed by atoms with Crippen molar-refractivity contribution in [3.05, 3.63) is 35.4 Å². The van der Waals surface area contributed by atoms with Gasteiger partial charge in [0.15, 0.2) is 0 Å². The van der Waals surface area contributed by atoms with Crippen LogP contribution < -0.4 is 5.32 Å². The summed E-state index contributed by atoms with van der Waals surface area (Å²) >= 11 is 0. The van der Waals surface area contributed by atoms with Crippen molar-refractivity contribution in [2.45, 2.75) is 90.5 Å². The number of aliphatic carboxylic acids is 2. The molecule has 0 spiro atoms. The molecule has 3 aliphatic carbocycles. The van der Waals surface area contributed by atoms with Crippen LogP contribution in [0, 0.1) is 40.4 Å². The normalized spacial score (nSPS) is 42.0. The van der Waals surface area contributed by atoms with E-state index < -0.39 is 35.2 Å². The third-order valence-corrected chi connectivity index (χ3v) is 11.1. The number of rotatable bonds is 3. The predicted molar refractivity (Wildman–Crippen MR) is 136 cm³/mol. The van der Waals surface area contributed by atoms with E-state index in [1.807, 2.05) is 6.92 Å². The standard InChI is InChI=1S/C30H41NO5/c1-28(2,3)17-8-6-16(7-9-17)19-10-11-20-25-18(26(33)34)14-23-30(5,21(25)12-13-29(19,20)4)22(27(35)36)15-24(32)31-23/h6-9,18-23,25H,10-15H2,1-5H3,(H,31,32)(H,33,34)(H,35,36)/t18?,19?,20-,21+,22?,23?,25-,29+,30-/m0/s1. The molecule has 3 N–H and O–H groups in total. The van der Waals surface area contributed by atoms with Crippen LogP contribution in [0.15, 0.2) is 24.3 Å². The maximum Gasteiger partial charge on any atom is 0.307 e. The molecule has 1 amide bonds. The molecule has 1 aromatic rings. The lowest BCUT2D eigenvalue weighted by Crippen LogP contribution is -2.68. The largest absolute Gasteiger partial charge is 0.481 e. The zero-order valence-corrected chi connectivity index (χ0v) is 22.2. The summed E-state index contributed by atoms with van der Waals surface area (Å²) in [6.07, 6.45) is 4.07. The van der Waals surface area contributed by atoms with Gasteiger partial charge >= 0.3 is 11.9 Å². The summed E-state index contributed by atoms with van der Waals surface area (Å²) < 4.78 is 0. The minimum absolute atomic E-state index is 0.0159. The minimum Gasteiger partial charge on any atom is -0.481 e. The lowest BCUT2D eigenvalue weighted by molar-refractivity contribution is -0.183. The highest BCUT2D eigenvalue weighted by atomic mass is 16.4. The Balaban J connectivity index is 1.52. The molecule has 1 aromatic carbocycles. The van der Waals surface area contributed by atoms with E-state index in [9.17, 15) is 24.6 Å². The Morgan fingerprint density at radius 2 is 1.64 bits per heavy atom. The molecule has 0 bridgehead atoms. The van der Waals surface area contributed by atoms with Crippen LogP contribution in [0.2, 0.25) is 0 Å². The molecule has 4 unspecified atom stereocenters. The van der Waals surface area contributed by atoms with Gasteiger partial charge in [-0.25, -0.2) is 0 Å². The maximum atomic E-state index is 12.6. The molecule has 6 heteroatoms. The van der Waals surface area contributed by atoms with Gasteiger partial charge in [-0.2, -0.15) is 0 Å². The van der Waals surface area contributed by atoms with Gasteiger partial charge in [-0.05, 0) is 77.7 Å². The quantitative estimate of drug-likeness (QED) is 0.534. The van der Waals surface area contributed by atoms with Gasteiger partial charge in [0, 0.05) is 17.9 Å². The molecule has 1 saturated heterocycles. The van der Waals surface area contributed by atoms with Crippen molar-refractivity contribution < 1.29 is 24.6 Å². The Morgan fingerprint density at radius 1 is 0.972 bits per heavy atom. The molecule has 4 fully saturated rings. The molecule has 0 aromatic heterocycles. The number of carbonyl (C=O) groups is 3. The fourth-order valence-corrected chi connectivity index (χ4v) is 9.16. The van der Waals surface area contributed by atoms with Gasteiger partial charge in [-0.15, -0.1) is 0 Å². The van der Waals surface area contributed by atoms with Crippen LogP contribution >= 0.6 is 0 Å². The Hall–Kier alpha value is -2.37. The maximum absolute atomic E-state index is 12.6. The number of piperidine rings is 1. The zero-order valence-electron chi connectivity index (χ0n) is 22.2. The van der Waals surface area contributed by atoms with E-state index in [-0.39, 0.29) is 40.9 Å². The number of benzene rings is 1. The topological polar surface area (TPSA) is 104 Å². The second-order valence-electron chi connectivity index (χ2n) is 13.6. The molecule has 196 valence electrons. The Labute approximate surface area is 214 Å². The average Bonchev–Trinajstić information content (AvgIpc) is 3.15. The highest BCUT2D eigenvalue weighted by Crippen LogP contribution is 2.69. The van der Waals surface area contributed by atoms with E-state index in [1.54, 1.807) is 0 Å². The second-order valence-corrected chi connectivity index (χ2v) is 13.6. The SMILES string of the molecule is CC(C)(C)c1ccc(C2CC[C@H]3[C@@H]4C(C(=O)O)CC5NC(=O)CC(C(=O)O)[C@]5(C)[C@@H]4CC[C@]23C)cc1. The molecule has 5 rings (SSSR count). The van der Waals surface area contributed by atoms with Crippen LogP contribution in [0.4, 0.5) is 0 Å². The first kappa shape index (κ1) is 25.3. The van der Waals surface area contributed by atoms with Gasteiger partial charge in [0.2, 0.25) is 5.91 Å². The Kier molecular flexibility index (Phi) is 5.85. The van der Waals surface area contributed by atoms with E-state index >= 15 is 0 Å². The number of amides is 1. The summed E-state index contributed by atoms with van der Waals surface area (Å²) in [5.41, 5.74) is 2.09. The van der Waals surface area contributed by atoms with Gasteiger partial charge < -0.3 is 15.5 Å². The van der Waals surface area contributed by atoms with E-state index in [4.69, 9.17) is 0 Å². The Bertz CT molecular complexity index is 1070. The number of carboxylic acid groups (broad SMARTS) is 2. The number of carbonyl (C=O) groups excluding carboxylic acids is 1. The number of hydrogen-bond donors (Lipinski definition) is 3. The van der Waals surface area contributed by atoms with Gasteiger partial charge in [-0.1, -0.05) is 58.9 Å². The molecule has 36 heavy (non-hydrogen) atoms. The lowest BCUT2D eigenvalue weighted by Gasteiger charge is -2.63. The average molecular weight is 496 g/mol. The summed E-state index contributed by atoms with van der Waals surface area (Å²) in [4.78, 5) is 37.4. The molecule has 4 aliphatic rings. The van der Waals surface area contributed by atoms with E-state index in [0.717, 1.165) is 25.7 Å². The van der Waals surface area contributed by atoms with E-state index in [1.165, 1.54) is 11.1 Å². The minimum atomic E-state index is -0.929. The summed E-state index contributed by atoms with van der Waals surface area (Å²) in [6.45, 7) is 11.0. The van der Waals surface area contributed by atoms with Crippen LogP contribution in [0.5, 0.6) is 0 Å². The molecule has 1 heterocycles. The molecule has 1 aliphatic heterocycles. The summed E-state index contributed by atoms with van der Waals surface area (Å²) in [5, 5.41) is 23.5. The molecule has 0 radical (unpaired) electrons. The van der Waals surface area contributed by atoms with Crippen LogP contribution in [0.25, 0.3) is 0 Å². The van der Waals surface area contributed by atoms with Crippen molar-refractivity contribution >= 4 is 17.8 Å². The summed E-state index contributed by atoms with van der Waals surface area (Å²) in [6, 6.07) is 8.62. The number of hydrogen-bond acceptors (Lipinski definition) is 3. The fraction of sp³-hybridized carbons (Fsp3) is 0.700. The van der Waals surface area contributed by atoms with Crippen LogP contribution in [0.1, 0.15) is 90.2 Å². The van der Waals surface area contributed by atoms with Crippen LogP contribution in [-0.2, 0) is 19.8 Å². The highest BCUT2D eigenvalue weighted by Gasteiger charge is 2.67. The van der Waals surface area contributed by atoms with Gasteiger partial charge in [0.05, 0.1) is 11.8 Å². The smallest absolute Gasteiger partial charge is 0.307 e. The van der Waals surface area contributed by atoms with Crippen LogP contribution in [-0.4, -0.2) is 34.1 Å². The third-order valence-electron chi connectivity index (χ3n) is 11.1. The predicted octanol–water partition coefficient (Wildman–Crippen LogP) is 5.21. The van der Waals surface area contributed by atoms with Gasteiger partial charge in [0.1, 0.15) is 0 Å². The first-order valence-electron chi connectivity index (χ1n) is 13.6. The monoisotopic (exact) mass is 495 g/mol. The fourth-order valence-electron chi connectivity index (χ4n) is 9.16. The van der Waals surface area contributed by atoms with Crippen LogP contribution in [0.3, 0.4) is 0 Å². The van der Waals surface area contributed by atoms with Gasteiger partial charge in [-0.3, -0.25) is 14.4 Å². The second kappa shape index (κ2) is 8.32. The van der Waals surface area contributed by atoms with Crippen molar-refractivity contribution in [1.29, 1.82) is 0 Å². The zero-order chi connectivity index (χ0) is 26.2. The lowest BCUT2D eigenvalue weighted by atomic mass is 9.42. The number of carboxylic acids is 2. The van der Waals surface area contributed by atoms with E-state index in [2.05, 4.69) is 57.3 Å². The molecular formula is C30H41NO5. The first-order chi connectivity index (χ1) is 16.8. The highest BCUT2D eigenvalue weighted by molar-refractivity contribution is 5.85. The van der Waals surface area contributed by atoms with E-state index in [0.29, 0.717) is 12.3 Å². The van der Waals surface area contributed by atoms with Crippen molar-refractivity contribution in [3.63, 3.8) is 0 Å². The first-order valence-corrected chi connectivity index (χ1v) is 13.6. The van der Waals surface area contributed by atoms with Crippen molar-refractivity contribution in [1.82, 2.24) is 5.32 Å². The molecule has 3 saturated carbocycles. The van der Waals surface area contributed by atoms with Crippen molar-refractivity contribution in [2.24, 2.45) is 40.4 Å². The molecule has 6 nitrogen and oxygen atoms in total.